The smallest absolute Gasteiger partial charge is 0.291 e. The number of benzene rings is 3. The summed E-state index contributed by atoms with van der Waals surface area (Å²) >= 11 is 0. The number of carbonyl (C=O) groups excluding carboxylic acids is 2. The predicted molar refractivity (Wildman–Crippen MR) is 159 cm³/mol. The van der Waals surface area contributed by atoms with Gasteiger partial charge in [0.25, 0.3) is 11.8 Å². The van der Waals surface area contributed by atoms with Gasteiger partial charge in [-0.15, -0.1) is 0 Å². The van der Waals surface area contributed by atoms with Crippen LogP contribution in [0, 0.1) is 0 Å². The highest BCUT2D eigenvalue weighted by Gasteiger charge is 2.15. The topological polar surface area (TPSA) is 96.6 Å². The molecule has 0 spiro atoms. The van der Waals surface area contributed by atoms with Crippen LogP contribution in [0.3, 0.4) is 0 Å². The summed E-state index contributed by atoms with van der Waals surface area (Å²) in [5.41, 5.74) is 8.95. The van der Waals surface area contributed by atoms with Gasteiger partial charge < -0.3 is 9.73 Å². The lowest BCUT2D eigenvalue weighted by Crippen LogP contribution is -2.20. The van der Waals surface area contributed by atoms with Gasteiger partial charge in [-0.3, -0.25) is 9.59 Å². The fraction of sp³-hybridized carbons (Fsp3) is 0.152. The van der Waals surface area contributed by atoms with Crippen molar-refractivity contribution in [1.82, 2.24) is 10.4 Å². The fourth-order valence-electron chi connectivity index (χ4n) is 4.38. The number of hydrazone groups is 1. The third-order valence-electron chi connectivity index (χ3n) is 6.98. The van der Waals surface area contributed by atoms with Gasteiger partial charge in [0.2, 0.25) is 0 Å². The number of para-hydroxylation sites is 1. The van der Waals surface area contributed by atoms with Gasteiger partial charge >= 0.3 is 0 Å². The SMILES string of the molecule is CC[C@@H](C)c1ccc(-c2cc(C(=O)NN=C(C)c3ccc(NC(=O)c4ccco4)cc3)c3ccccc3n2)cc1. The molecule has 3 aromatic carbocycles. The van der Waals surface area contributed by atoms with Crippen molar-refractivity contribution < 1.29 is 14.0 Å². The van der Waals surface area contributed by atoms with Gasteiger partial charge in [0, 0.05) is 16.6 Å². The molecular weight excluding hydrogens is 500 g/mol. The van der Waals surface area contributed by atoms with E-state index in [0.29, 0.717) is 22.9 Å². The Morgan fingerprint density at radius 1 is 0.925 bits per heavy atom. The average Bonchev–Trinajstić information content (AvgIpc) is 3.55. The van der Waals surface area contributed by atoms with Crippen molar-refractivity contribution in [2.45, 2.75) is 33.1 Å². The molecule has 0 aliphatic carbocycles. The van der Waals surface area contributed by atoms with E-state index in [1.54, 1.807) is 24.3 Å². The molecule has 0 radical (unpaired) electrons. The van der Waals surface area contributed by atoms with E-state index in [9.17, 15) is 9.59 Å². The lowest BCUT2D eigenvalue weighted by molar-refractivity contribution is 0.0955. The molecule has 0 aliphatic heterocycles. The standard InChI is InChI=1S/C33H30N4O3/c1-4-21(2)23-11-13-25(14-12-23)30-20-28(27-8-5-6-9-29(27)35-30)32(38)37-36-22(3)24-15-17-26(18-16-24)34-33(39)31-10-7-19-40-31/h5-21H,4H2,1-3H3,(H,34,39)(H,37,38)/t21-/m1/s1. The molecule has 1 atom stereocenters. The second-order valence-electron chi connectivity index (χ2n) is 9.65. The van der Waals surface area contributed by atoms with Crippen LogP contribution in [-0.4, -0.2) is 22.5 Å². The fourth-order valence-corrected chi connectivity index (χ4v) is 4.38. The number of amides is 2. The summed E-state index contributed by atoms with van der Waals surface area (Å²) in [6.45, 7) is 6.20. The van der Waals surface area contributed by atoms with Crippen molar-refractivity contribution in [3.05, 3.63) is 120 Å². The average molecular weight is 531 g/mol. The zero-order valence-corrected chi connectivity index (χ0v) is 22.6. The number of hydrogen-bond acceptors (Lipinski definition) is 5. The molecule has 0 aliphatic rings. The third-order valence-corrected chi connectivity index (χ3v) is 6.98. The van der Waals surface area contributed by atoms with E-state index < -0.39 is 0 Å². The Labute approximate surface area is 233 Å². The molecule has 200 valence electrons. The van der Waals surface area contributed by atoms with E-state index in [1.807, 2.05) is 49.4 Å². The van der Waals surface area contributed by atoms with E-state index in [0.717, 1.165) is 34.1 Å². The summed E-state index contributed by atoms with van der Waals surface area (Å²) in [6, 6.07) is 28.2. The van der Waals surface area contributed by atoms with Crippen LogP contribution in [0.5, 0.6) is 0 Å². The van der Waals surface area contributed by atoms with Crippen LogP contribution >= 0.6 is 0 Å². The second kappa shape index (κ2) is 11.8. The van der Waals surface area contributed by atoms with Gasteiger partial charge in [0.15, 0.2) is 5.76 Å². The third kappa shape index (κ3) is 5.83. The molecule has 2 amide bonds. The molecule has 5 rings (SSSR count). The summed E-state index contributed by atoms with van der Waals surface area (Å²) in [5, 5.41) is 7.88. The molecule has 2 aromatic heterocycles. The maximum absolute atomic E-state index is 13.3. The Morgan fingerprint density at radius 3 is 2.38 bits per heavy atom. The van der Waals surface area contributed by atoms with E-state index >= 15 is 0 Å². The number of carbonyl (C=O) groups is 2. The largest absolute Gasteiger partial charge is 0.459 e. The van der Waals surface area contributed by atoms with Crippen molar-refractivity contribution in [2.24, 2.45) is 5.10 Å². The van der Waals surface area contributed by atoms with Gasteiger partial charge in [-0.25, -0.2) is 10.4 Å². The zero-order chi connectivity index (χ0) is 28.1. The lowest BCUT2D eigenvalue weighted by Gasteiger charge is -2.12. The minimum absolute atomic E-state index is 0.236. The molecular formula is C33H30N4O3. The van der Waals surface area contributed by atoms with Crippen molar-refractivity contribution in [1.29, 1.82) is 0 Å². The number of aromatic nitrogens is 1. The summed E-state index contributed by atoms with van der Waals surface area (Å²) < 4.78 is 5.12. The van der Waals surface area contributed by atoms with Crippen molar-refractivity contribution >= 4 is 34.1 Å². The van der Waals surface area contributed by atoms with Crippen LogP contribution in [0.15, 0.2) is 107 Å². The first-order valence-electron chi connectivity index (χ1n) is 13.2. The van der Waals surface area contributed by atoms with Gasteiger partial charge in [0.05, 0.1) is 28.7 Å². The van der Waals surface area contributed by atoms with E-state index in [1.165, 1.54) is 11.8 Å². The second-order valence-corrected chi connectivity index (χ2v) is 9.65. The number of pyridine rings is 1. The van der Waals surface area contributed by atoms with E-state index in [4.69, 9.17) is 9.40 Å². The Kier molecular flexibility index (Phi) is 7.82. The number of hydrogen-bond donors (Lipinski definition) is 2. The molecule has 0 saturated carbocycles. The number of furan rings is 1. The minimum atomic E-state index is -0.328. The highest BCUT2D eigenvalue weighted by atomic mass is 16.3. The van der Waals surface area contributed by atoms with Crippen molar-refractivity contribution in [3.63, 3.8) is 0 Å². The number of rotatable bonds is 8. The molecule has 0 bridgehead atoms. The van der Waals surface area contributed by atoms with Crippen molar-refractivity contribution in [3.8, 4) is 11.3 Å². The molecule has 0 saturated heterocycles. The summed E-state index contributed by atoms with van der Waals surface area (Å²) in [7, 11) is 0. The monoisotopic (exact) mass is 530 g/mol. The normalized spacial score (nSPS) is 12.2. The minimum Gasteiger partial charge on any atom is -0.459 e. The van der Waals surface area contributed by atoms with Crippen LogP contribution in [0.2, 0.25) is 0 Å². The van der Waals surface area contributed by atoms with Crippen LogP contribution < -0.4 is 10.7 Å². The Balaban J connectivity index is 1.34. The predicted octanol–water partition coefficient (Wildman–Crippen LogP) is 7.41. The molecule has 2 N–H and O–H groups in total. The summed E-state index contributed by atoms with van der Waals surface area (Å²) in [6.07, 6.45) is 2.52. The summed E-state index contributed by atoms with van der Waals surface area (Å²) in [5.74, 6) is 0.0701. The van der Waals surface area contributed by atoms with Gasteiger partial charge in [0.1, 0.15) is 0 Å². The number of nitrogens with one attached hydrogen (secondary N) is 2. The first-order valence-corrected chi connectivity index (χ1v) is 13.2. The number of anilines is 1. The maximum atomic E-state index is 13.3. The molecule has 2 heterocycles. The Bertz CT molecular complexity index is 1670. The molecule has 0 fully saturated rings. The first-order chi connectivity index (χ1) is 19.4. The molecule has 40 heavy (non-hydrogen) atoms. The first kappa shape index (κ1) is 26.6. The molecule has 7 nitrogen and oxygen atoms in total. The van der Waals surface area contributed by atoms with Crippen LogP contribution in [0.1, 0.15) is 65.1 Å². The van der Waals surface area contributed by atoms with Crippen LogP contribution in [-0.2, 0) is 0 Å². The van der Waals surface area contributed by atoms with E-state index in [-0.39, 0.29) is 17.6 Å². The highest BCUT2D eigenvalue weighted by molar-refractivity contribution is 6.08. The molecule has 0 unspecified atom stereocenters. The Hall–Kier alpha value is -5.04. The molecule has 7 heteroatoms. The Morgan fingerprint density at radius 2 is 1.68 bits per heavy atom. The van der Waals surface area contributed by atoms with Gasteiger partial charge in [-0.2, -0.15) is 5.10 Å². The van der Waals surface area contributed by atoms with Crippen molar-refractivity contribution in [2.75, 3.05) is 5.32 Å². The van der Waals surface area contributed by atoms with Gasteiger partial charge in [-0.1, -0.05) is 68.4 Å². The highest BCUT2D eigenvalue weighted by Crippen LogP contribution is 2.27. The van der Waals surface area contributed by atoms with Crippen LogP contribution in [0.25, 0.3) is 22.2 Å². The quantitative estimate of drug-likeness (QED) is 0.161. The maximum Gasteiger partial charge on any atom is 0.291 e. The molecule has 5 aromatic rings. The van der Waals surface area contributed by atoms with Crippen LogP contribution in [0.4, 0.5) is 5.69 Å². The van der Waals surface area contributed by atoms with Gasteiger partial charge in [-0.05, 0) is 66.8 Å². The summed E-state index contributed by atoms with van der Waals surface area (Å²) in [4.78, 5) is 30.4. The number of fused-ring (bicyclic) bond motifs is 1. The lowest BCUT2D eigenvalue weighted by atomic mass is 9.96. The van der Waals surface area contributed by atoms with E-state index in [2.05, 4.69) is 54.0 Å². The zero-order valence-electron chi connectivity index (χ0n) is 22.6. The number of nitrogens with zero attached hydrogens (tertiary/aromatic N) is 2.